The Morgan fingerprint density at radius 1 is 1.50 bits per heavy atom. The van der Waals surface area contributed by atoms with Gasteiger partial charge in [-0.2, -0.15) is 0 Å². The van der Waals surface area contributed by atoms with E-state index in [1.54, 1.807) is 0 Å². The SMILES string of the molecule is C=C(C(=O)O)[C@@H]1CC[C@]2(C)C[C@H](O)CC(=C)[C@@H]2C1. The number of hydrogen-bond donors (Lipinski definition) is 2. The van der Waals surface area contributed by atoms with Gasteiger partial charge in [0.05, 0.1) is 6.10 Å². The Bertz CT molecular complexity index is 399. The van der Waals surface area contributed by atoms with Crippen molar-refractivity contribution in [2.24, 2.45) is 17.3 Å². The van der Waals surface area contributed by atoms with Crippen molar-refractivity contribution in [2.45, 2.75) is 45.1 Å². The fourth-order valence-corrected chi connectivity index (χ4v) is 3.82. The standard InChI is InChI=1S/C15H22O3/c1-9-6-12(16)8-15(3)5-4-11(7-13(9)15)10(2)14(17)18/h11-13,16H,1-2,4-8H2,3H3,(H,17,18)/t11-,12-,13+,15-/m1/s1. The molecule has 0 spiro atoms. The molecule has 4 atom stereocenters. The molecule has 0 bridgehead atoms. The first-order valence-electron chi connectivity index (χ1n) is 6.61. The van der Waals surface area contributed by atoms with Crippen molar-refractivity contribution >= 4 is 5.97 Å². The zero-order valence-corrected chi connectivity index (χ0v) is 11.0. The molecule has 0 saturated heterocycles. The van der Waals surface area contributed by atoms with E-state index in [-0.39, 0.29) is 17.4 Å². The van der Waals surface area contributed by atoms with Gasteiger partial charge in [0.1, 0.15) is 0 Å². The molecule has 3 heteroatoms. The first-order valence-corrected chi connectivity index (χ1v) is 6.61. The number of aliphatic hydroxyl groups is 1. The molecule has 0 aromatic rings. The van der Waals surface area contributed by atoms with Crippen molar-refractivity contribution < 1.29 is 15.0 Å². The van der Waals surface area contributed by atoms with Crippen molar-refractivity contribution in [3.8, 4) is 0 Å². The summed E-state index contributed by atoms with van der Waals surface area (Å²) in [7, 11) is 0. The summed E-state index contributed by atoms with van der Waals surface area (Å²) in [6.45, 7) is 9.99. The van der Waals surface area contributed by atoms with Crippen LogP contribution in [0.4, 0.5) is 0 Å². The third-order valence-corrected chi connectivity index (χ3v) is 4.89. The van der Waals surface area contributed by atoms with Gasteiger partial charge in [0, 0.05) is 5.57 Å². The van der Waals surface area contributed by atoms with Crippen LogP contribution in [0.1, 0.15) is 39.0 Å². The first kappa shape index (κ1) is 13.3. The maximum absolute atomic E-state index is 11.0. The van der Waals surface area contributed by atoms with E-state index < -0.39 is 5.97 Å². The fourth-order valence-electron chi connectivity index (χ4n) is 3.82. The normalized spacial score (nSPS) is 40.1. The monoisotopic (exact) mass is 250 g/mol. The molecule has 2 aliphatic carbocycles. The van der Waals surface area contributed by atoms with Crippen LogP contribution in [0.15, 0.2) is 24.3 Å². The highest BCUT2D eigenvalue weighted by Gasteiger charge is 2.46. The van der Waals surface area contributed by atoms with Gasteiger partial charge in [-0.25, -0.2) is 4.79 Å². The maximum atomic E-state index is 11.0. The minimum absolute atomic E-state index is 0.0626. The first-order chi connectivity index (χ1) is 8.33. The Morgan fingerprint density at radius 2 is 2.17 bits per heavy atom. The number of rotatable bonds is 2. The average molecular weight is 250 g/mol. The molecule has 100 valence electrons. The van der Waals surface area contributed by atoms with Gasteiger partial charge in [0.15, 0.2) is 0 Å². The topological polar surface area (TPSA) is 57.5 Å². The van der Waals surface area contributed by atoms with Gasteiger partial charge in [0.2, 0.25) is 0 Å². The second kappa shape index (κ2) is 4.54. The van der Waals surface area contributed by atoms with Gasteiger partial charge in [-0.05, 0) is 49.4 Å². The van der Waals surface area contributed by atoms with Crippen molar-refractivity contribution in [1.29, 1.82) is 0 Å². The number of aliphatic hydroxyl groups excluding tert-OH is 1. The van der Waals surface area contributed by atoms with E-state index in [0.717, 1.165) is 31.3 Å². The molecule has 0 amide bonds. The summed E-state index contributed by atoms with van der Waals surface area (Å²) in [4.78, 5) is 11.0. The highest BCUT2D eigenvalue weighted by molar-refractivity contribution is 5.86. The number of carboxylic acids is 1. The minimum Gasteiger partial charge on any atom is -0.478 e. The molecule has 2 N–H and O–H groups in total. The Balaban J connectivity index is 2.16. The van der Waals surface area contributed by atoms with Crippen LogP contribution in [0.25, 0.3) is 0 Å². The van der Waals surface area contributed by atoms with Gasteiger partial charge in [-0.15, -0.1) is 0 Å². The molecule has 2 fully saturated rings. The quantitative estimate of drug-likeness (QED) is 0.585. The number of fused-ring (bicyclic) bond motifs is 1. The summed E-state index contributed by atoms with van der Waals surface area (Å²) < 4.78 is 0. The Hall–Kier alpha value is -1.09. The van der Waals surface area contributed by atoms with Crippen LogP contribution in [0.5, 0.6) is 0 Å². The molecule has 0 heterocycles. The lowest BCUT2D eigenvalue weighted by Gasteiger charge is -2.50. The fraction of sp³-hybridized carbons (Fsp3) is 0.667. The number of carboxylic acid groups (broad SMARTS) is 1. The summed E-state index contributed by atoms with van der Waals surface area (Å²) in [6.07, 6.45) is 3.82. The third-order valence-electron chi connectivity index (χ3n) is 4.89. The minimum atomic E-state index is -0.884. The summed E-state index contributed by atoms with van der Waals surface area (Å²) in [5, 5.41) is 18.9. The molecular formula is C15H22O3. The van der Waals surface area contributed by atoms with Crippen molar-refractivity contribution in [2.75, 3.05) is 0 Å². The Kier molecular flexibility index (Phi) is 3.37. The summed E-state index contributed by atoms with van der Waals surface area (Å²) in [6, 6.07) is 0. The van der Waals surface area contributed by atoms with Gasteiger partial charge in [-0.3, -0.25) is 0 Å². The Morgan fingerprint density at radius 3 is 2.78 bits per heavy atom. The number of aliphatic carboxylic acids is 1. The summed E-state index contributed by atoms with van der Waals surface area (Å²) in [5.74, 6) is -0.492. The van der Waals surface area contributed by atoms with Crippen molar-refractivity contribution in [3.05, 3.63) is 24.3 Å². The molecule has 2 rings (SSSR count). The maximum Gasteiger partial charge on any atom is 0.331 e. The molecule has 18 heavy (non-hydrogen) atoms. The van der Waals surface area contributed by atoms with E-state index >= 15 is 0 Å². The lowest BCUT2D eigenvalue weighted by molar-refractivity contribution is -0.133. The van der Waals surface area contributed by atoms with Crippen LogP contribution < -0.4 is 0 Å². The number of carbonyl (C=O) groups is 1. The lowest BCUT2D eigenvalue weighted by Crippen LogP contribution is -2.43. The molecule has 0 aromatic carbocycles. The smallest absolute Gasteiger partial charge is 0.331 e. The number of hydrogen-bond acceptors (Lipinski definition) is 2. The van der Waals surface area contributed by atoms with Crippen LogP contribution in [-0.2, 0) is 4.79 Å². The predicted molar refractivity (Wildman–Crippen MR) is 70.1 cm³/mol. The van der Waals surface area contributed by atoms with Gasteiger partial charge in [0.25, 0.3) is 0 Å². The average Bonchev–Trinajstić information content (AvgIpc) is 2.26. The predicted octanol–water partition coefficient (Wildman–Crippen LogP) is 2.76. The van der Waals surface area contributed by atoms with Gasteiger partial charge in [-0.1, -0.05) is 25.7 Å². The summed E-state index contributed by atoms with van der Waals surface area (Å²) in [5.41, 5.74) is 1.50. The zero-order chi connectivity index (χ0) is 13.5. The van der Waals surface area contributed by atoms with Crippen molar-refractivity contribution in [1.82, 2.24) is 0 Å². The van der Waals surface area contributed by atoms with Crippen LogP contribution in [0.3, 0.4) is 0 Å². The van der Waals surface area contributed by atoms with E-state index in [1.807, 2.05) is 0 Å². The van der Waals surface area contributed by atoms with Gasteiger partial charge >= 0.3 is 5.97 Å². The highest BCUT2D eigenvalue weighted by Crippen LogP contribution is 2.54. The molecular weight excluding hydrogens is 228 g/mol. The van der Waals surface area contributed by atoms with E-state index in [1.165, 1.54) is 0 Å². The van der Waals surface area contributed by atoms with E-state index in [2.05, 4.69) is 20.1 Å². The molecule has 0 aliphatic heterocycles. The van der Waals surface area contributed by atoms with E-state index in [4.69, 9.17) is 5.11 Å². The summed E-state index contributed by atoms with van der Waals surface area (Å²) >= 11 is 0. The van der Waals surface area contributed by atoms with E-state index in [9.17, 15) is 9.90 Å². The third kappa shape index (κ3) is 2.24. The largest absolute Gasteiger partial charge is 0.478 e. The molecule has 3 nitrogen and oxygen atoms in total. The molecule has 2 saturated carbocycles. The van der Waals surface area contributed by atoms with Crippen LogP contribution >= 0.6 is 0 Å². The lowest BCUT2D eigenvalue weighted by atomic mass is 9.55. The van der Waals surface area contributed by atoms with E-state index in [0.29, 0.717) is 17.9 Å². The second-order valence-electron chi connectivity index (χ2n) is 6.23. The molecule has 0 unspecified atom stereocenters. The molecule has 0 radical (unpaired) electrons. The van der Waals surface area contributed by atoms with Gasteiger partial charge < -0.3 is 10.2 Å². The van der Waals surface area contributed by atoms with Crippen LogP contribution in [0.2, 0.25) is 0 Å². The van der Waals surface area contributed by atoms with Crippen LogP contribution in [-0.4, -0.2) is 22.3 Å². The van der Waals surface area contributed by atoms with Crippen molar-refractivity contribution in [3.63, 3.8) is 0 Å². The second-order valence-corrected chi connectivity index (χ2v) is 6.23. The highest BCUT2D eigenvalue weighted by atomic mass is 16.4. The molecule has 0 aromatic heterocycles. The Labute approximate surface area is 108 Å². The molecule has 2 aliphatic rings. The van der Waals surface area contributed by atoms with Crippen LogP contribution in [0, 0.1) is 17.3 Å². The zero-order valence-electron chi connectivity index (χ0n) is 11.0.